The number of halogens is 6. The first-order valence-electron chi connectivity index (χ1n) is 14.9. The van der Waals surface area contributed by atoms with Crippen molar-refractivity contribution in [1.29, 1.82) is 0 Å². The molecule has 0 bridgehead atoms. The fourth-order valence-electron chi connectivity index (χ4n) is 5.20. The van der Waals surface area contributed by atoms with Crippen molar-refractivity contribution in [3.05, 3.63) is 90.0 Å². The molecule has 0 radical (unpaired) electrons. The van der Waals surface area contributed by atoms with Gasteiger partial charge >= 0.3 is 18.6 Å². The van der Waals surface area contributed by atoms with E-state index in [1.54, 1.807) is 44.2 Å². The fourth-order valence-corrected chi connectivity index (χ4v) is 6.93. The molecule has 0 spiro atoms. The van der Waals surface area contributed by atoms with E-state index in [0.717, 1.165) is 40.7 Å². The summed E-state index contributed by atoms with van der Waals surface area (Å²) >= 11 is 0. The van der Waals surface area contributed by atoms with Crippen LogP contribution in [0.2, 0.25) is 0 Å². The number of ether oxygens (including phenoxy) is 2. The summed E-state index contributed by atoms with van der Waals surface area (Å²) in [5, 5.41) is 14.0. The molecular weight excluding hydrogens is 684 g/mol. The van der Waals surface area contributed by atoms with Crippen LogP contribution in [0, 0.1) is 5.92 Å². The van der Waals surface area contributed by atoms with Gasteiger partial charge in [0.15, 0.2) is 6.10 Å². The molecular formula is C32H33F6N3O7S. The van der Waals surface area contributed by atoms with Crippen LogP contribution >= 0.6 is 0 Å². The molecule has 1 aliphatic heterocycles. The number of rotatable bonds is 13. The highest BCUT2D eigenvalue weighted by molar-refractivity contribution is 7.89. The minimum atomic E-state index is -5.20. The maximum absolute atomic E-state index is 13.8. The summed E-state index contributed by atoms with van der Waals surface area (Å²) in [4.78, 5) is 25.9. The summed E-state index contributed by atoms with van der Waals surface area (Å²) in [6.07, 6.45) is -14.6. The predicted octanol–water partition coefficient (Wildman–Crippen LogP) is 5.36. The first kappa shape index (κ1) is 37.5. The van der Waals surface area contributed by atoms with Gasteiger partial charge in [-0.2, -0.15) is 17.5 Å². The number of hydrogen-bond donors (Lipinski definition) is 2. The van der Waals surface area contributed by atoms with Crippen molar-refractivity contribution in [1.82, 2.24) is 9.62 Å². The van der Waals surface area contributed by atoms with Gasteiger partial charge < -0.3 is 19.9 Å². The van der Waals surface area contributed by atoms with Crippen molar-refractivity contribution < 1.29 is 58.9 Å². The van der Waals surface area contributed by atoms with E-state index >= 15 is 0 Å². The lowest BCUT2D eigenvalue weighted by molar-refractivity contribution is -0.275. The smallest absolute Gasteiger partial charge is 0.434 e. The molecule has 3 aromatic carbocycles. The summed E-state index contributed by atoms with van der Waals surface area (Å²) < 4.78 is 118. The number of alkyl halides is 6. The summed E-state index contributed by atoms with van der Waals surface area (Å²) in [7, 11) is -4.74. The zero-order valence-corrected chi connectivity index (χ0v) is 26.9. The van der Waals surface area contributed by atoms with Gasteiger partial charge in [-0.3, -0.25) is 9.69 Å². The average Bonchev–Trinajstić information content (AvgIpc) is 3.41. The Kier molecular flexibility index (Phi) is 11.5. The number of benzene rings is 3. The summed E-state index contributed by atoms with van der Waals surface area (Å²) in [5.74, 6) is -2.34. The Morgan fingerprint density at radius 1 is 0.980 bits per heavy atom. The summed E-state index contributed by atoms with van der Waals surface area (Å²) in [5.41, 5.74) is -1.07. The molecule has 49 heavy (non-hydrogen) atoms. The van der Waals surface area contributed by atoms with Gasteiger partial charge in [0, 0.05) is 13.1 Å². The Morgan fingerprint density at radius 2 is 1.59 bits per heavy atom. The maximum Gasteiger partial charge on any atom is 0.573 e. The van der Waals surface area contributed by atoms with Crippen LogP contribution in [-0.4, -0.2) is 74.1 Å². The summed E-state index contributed by atoms with van der Waals surface area (Å²) in [6, 6.07) is 15.5. The highest BCUT2D eigenvalue weighted by Crippen LogP contribution is 2.38. The topological polar surface area (TPSA) is 125 Å². The Bertz CT molecular complexity index is 1720. The monoisotopic (exact) mass is 717 g/mol. The minimum Gasteiger partial charge on any atom is -0.434 e. The van der Waals surface area contributed by atoms with E-state index in [1.807, 2.05) is 0 Å². The van der Waals surface area contributed by atoms with E-state index in [4.69, 9.17) is 4.74 Å². The zero-order valence-electron chi connectivity index (χ0n) is 26.1. The first-order chi connectivity index (χ1) is 22.9. The number of anilines is 1. The van der Waals surface area contributed by atoms with E-state index in [9.17, 15) is 49.5 Å². The van der Waals surface area contributed by atoms with Crippen molar-refractivity contribution in [2.75, 3.05) is 24.5 Å². The third kappa shape index (κ3) is 9.64. The lowest BCUT2D eigenvalue weighted by Crippen LogP contribution is -2.53. The second kappa shape index (κ2) is 15.0. The third-order valence-electron chi connectivity index (χ3n) is 7.35. The quantitative estimate of drug-likeness (QED) is 0.228. The molecule has 0 saturated carbocycles. The molecule has 1 heterocycles. The normalized spacial score (nSPS) is 16.8. The molecule has 0 aliphatic carbocycles. The molecule has 3 aromatic rings. The van der Waals surface area contributed by atoms with Gasteiger partial charge in [-0.1, -0.05) is 68.4 Å². The van der Waals surface area contributed by atoms with Gasteiger partial charge in [-0.15, -0.1) is 13.2 Å². The van der Waals surface area contributed by atoms with Crippen molar-refractivity contribution in [3.63, 3.8) is 0 Å². The van der Waals surface area contributed by atoms with Crippen LogP contribution < -0.4 is 15.0 Å². The van der Waals surface area contributed by atoms with Crippen LogP contribution in [0.15, 0.2) is 83.8 Å². The molecule has 2 N–H and O–H groups in total. The molecule has 4 rings (SSSR count). The van der Waals surface area contributed by atoms with Crippen molar-refractivity contribution in [2.45, 2.75) is 56.0 Å². The molecule has 3 atom stereocenters. The molecule has 17 heteroatoms. The van der Waals surface area contributed by atoms with Crippen LogP contribution in [0.25, 0.3) is 0 Å². The van der Waals surface area contributed by atoms with E-state index in [1.165, 1.54) is 12.1 Å². The fraction of sp³-hybridized carbons (Fsp3) is 0.375. The Balaban J connectivity index is 1.60. The first-order valence-corrected chi connectivity index (χ1v) is 16.3. The molecule has 1 aliphatic rings. The Hall–Kier alpha value is -4.35. The number of nitrogens with one attached hydrogen (secondary N) is 1. The molecule has 1 fully saturated rings. The highest BCUT2D eigenvalue weighted by atomic mass is 32.2. The number of carbonyl (C=O) groups is 2. The second-order valence-corrected chi connectivity index (χ2v) is 13.5. The Labute approximate surface area is 278 Å². The molecule has 266 valence electrons. The van der Waals surface area contributed by atoms with Crippen LogP contribution in [0.4, 0.5) is 36.8 Å². The van der Waals surface area contributed by atoms with Crippen LogP contribution in [0.5, 0.6) is 5.75 Å². The number of amides is 2. The molecule has 2 amide bonds. The Morgan fingerprint density at radius 3 is 2.22 bits per heavy atom. The van der Waals surface area contributed by atoms with E-state index in [0.29, 0.717) is 10.5 Å². The maximum atomic E-state index is 13.8. The van der Waals surface area contributed by atoms with Crippen LogP contribution in [0.1, 0.15) is 25.0 Å². The highest BCUT2D eigenvalue weighted by Gasteiger charge is 2.43. The number of sulfonamides is 1. The number of aliphatic hydroxyl groups excluding tert-OH is 1. The lowest BCUT2D eigenvalue weighted by atomic mass is 10.0. The summed E-state index contributed by atoms with van der Waals surface area (Å²) in [6.45, 7) is 1.74. The minimum absolute atomic E-state index is 0.0849. The van der Waals surface area contributed by atoms with Gasteiger partial charge in [-0.25, -0.2) is 13.2 Å². The number of carbonyl (C=O) groups excluding carboxylic acids is 2. The largest absolute Gasteiger partial charge is 0.573 e. The van der Waals surface area contributed by atoms with Gasteiger partial charge in [0.2, 0.25) is 10.0 Å². The van der Waals surface area contributed by atoms with Gasteiger partial charge in [0.25, 0.3) is 5.91 Å². The molecule has 0 unspecified atom stereocenters. The van der Waals surface area contributed by atoms with Gasteiger partial charge in [0.05, 0.1) is 29.9 Å². The molecule has 0 aromatic heterocycles. The van der Waals surface area contributed by atoms with Gasteiger partial charge in [-0.05, 0) is 42.2 Å². The van der Waals surface area contributed by atoms with Crippen LogP contribution in [-0.2, 0) is 32.2 Å². The SMILES string of the molecule is CC(C)CN(C[C@@H](O)[C@H](Cc1ccccc1)NC(=O)[C@@H]1CN(c2ccccc2C(F)(F)F)C(=O)O1)S(=O)(=O)c1ccccc1OC(F)(F)F. The standard InChI is InChI=1S/C32H33F6N3O7S/c1-20(2)17-40(49(45,46)28-15-9-8-14-26(28)48-32(36,37)38)18-25(42)23(16-21-10-4-3-5-11-21)39-29(43)27-19-41(30(44)47-27)24-13-7-6-12-22(24)31(33,34)35/h3-15,20,23,25,27,42H,16-19H2,1-2H3,(H,39,43)/t23-,25+,27-/m0/s1. The van der Waals surface area contributed by atoms with Crippen molar-refractivity contribution in [2.24, 2.45) is 5.92 Å². The second-order valence-electron chi connectivity index (χ2n) is 11.6. The zero-order chi connectivity index (χ0) is 36.1. The van der Waals surface area contributed by atoms with E-state index in [2.05, 4.69) is 10.1 Å². The molecule has 10 nitrogen and oxygen atoms in total. The third-order valence-corrected chi connectivity index (χ3v) is 9.22. The molecule has 1 saturated heterocycles. The van der Waals surface area contributed by atoms with E-state index < -0.39 is 87.8 Å². The number of aliphatic hydroxyl groups is 1. The van der Waals surface area contributed by atoms with Gasteiger partial charge in [0.1, 0.15) is 10.6 Å². The number of hydrogen-bond acceptors (Lipinski definition) is 7. The predicted molar refractivity (Wildman–Crippen MR) is 164 cm³/mol. The van der Waals surface area contributed by atoms with Crippen molar-refractivity contribution >= 4 is 27.7 Å². The van der Waals surface area contributed by atoms with Crippen LogP contribution in [0.3, 0.4) is 0 Å². The number of para-hydroxylation sites is 2. The van der Waals surface area contributed by atoms with E-state index in [-0.39, 0.29) is 18.9 Å². The average molecular weight is 718 g/mol. The number of nitrogens with zero attached hydrogens (tertiary/aromatic N) is 2. The number of cyclic esters (lactones) is 1. The van der Waals surface area contributed by atoms with Crippen molar-refractivity contribution in [3.8, 4) is 5.75 Å². The lowest BCUT2D eigenvalue weighted by Gasteiger charge is -2.31.